The summed E-state index contributed by atoms with van der Waals surface area (Å²) in [7, 11) is 1.40. The first-order valence-corrected chi connectivity index (χ1v) is 5.93. The summed E-state index contributed by atoms with van der Waals surface area (Å²) in [6, 6.07) is 5.35. The Morgan fingerprint density at radius 3 is 2.52 bits per heavy atom. The van der Waals surface area contributed by atoms with E-state index in [1.165, 1.54) is 32.2 Å². The second kappa shape index (κ2) is 5.47. The number of anilines is 3. The van der Waals surface area contributed by atoms with E-state index in [9.17, 15) is 13.2 Å². The predicted octanol–water partition coefficient (Wildman–Crippen LogP) is 3.14. The van der Waals surface area contributed by atoms with E-state index in [1.54, 1.807) is 0 Å². The zero-order valence-corrected chi connectivity index (χ0v) is 11.3. The van der Waals surface area contributed by atoms with Crippen LogP contribution in [0.4, 0.5) is 30.6 Å². The Morgan fingerprint density at radius 1 is 1.19 bits per heavy atom. The topological polar surface area (TPSA) is 73.1 Å². The minimum absolute atomic E-state index is 0.0417. The molecular formula is C13H13F3N4O. The number of nitrogens with two attached hydrogens (primary N) is 1. The zero-order chi connectivity index (χ0) is 15.6. The largest absolute Gasteiger partial charge is 0.481 e. The summed E-state index contributed by atoms with van der Waals surface area (Å²) < 4.78 is 43.5. The van der Waals surface area contributed by atoms with E-state index in [-0.39, 0.29) is 28.9 Å². The Labute approximate surface area is 119 Å². The average Bonchev–Trinajstić information content (AvgIpc) is 2.39. The van der Waals surface area contributed by atoms with Crippen molar-refractivity contribution in [2.75, 3.05) is 18.2 Å². The van der Waals surface area contributed by atoms with Crippen LogP contribution in [0.5, 0.6) is 5.88 Å². The molecule has 0 atom stereocenters. The monoisotopic (exact) mass is 298 g/mol. The Kier molecular flexibility index (Phi) is 3.88. The lowest BCUT2D eigenvalue weighted by Crippen LogP contribution is -2.08. The Morgan fingerprint density at radius 2 is 1.90 bits per heavy atom. The molecule has 0 aliphatic heterocycles. The van der Waals surface area contributed by atoms with Crippen LogP contribution in [0.15, 0.2) is 24.3 Å². The van der Waals surface area contributed by atoms with Gasteiger partial charge in [0.15, 0.2) is 0 Å². The molecule has 112 valence electrons. The molecule has 8 heteroatoms. The minimum atomic E-state index is -4.41. The molecule has 1 aromatic carbocycles. The first kappa shape index (κ1) is 14.9. The number of nitrogen functional groups attached to an aromatic ring is 1. The highest BCUT2D eigenvalue weighted by molar-refractivity contribution is 5.60. The van der Waals surface area contributed by atoms with Gasteiger partial charge in [-0.25, -0.2) is 0 Å². The standard InChI is InChI=1S/C13H13F3N4O/c1-7-3-4-8(5-9(7)13(14,15)16)18-10-6-11(21-2)20-12(17)19-10/h3-6H,1-2H3,(H3,17,18,19,20). The van der Waals surface area contributed by atoms with Gasteiger partial charge >= 0.3 is 6.18 Å². The number of rotatable bonds is 3. The van der Waals surface area contributed by atoms with Gasteiger partial charge in [-0.1, -0.05) is 6.07 Å². The molecule has 0 saturated heterocycles. The van der Waals surface area contributed by atoms with Crippen molar-refractivity contribution in [2.24, 2.45) is 0 Å². The van der Waals surface area contributed by atoms with Crippen LogP contribution in [0, 0.1) is 6.92 Å². The van der Waals surface area contributed by atoms with E-state index in [0.29, 0.717) is 0 Å². The van der Waals surface area contributed by atoms with Gasteiger partial charge in [0, 0.05) is 11.8 Å². The number of benzene rings is 1. The predicted molar refractivity (Wildman–Crippen MR) is 72.5 cm³/mol. The number of aryl methyl sites for hydroxylation is 1. The molecular weight excluding hydrogens is 285 g/mol. The minimum Gasteiger partial charge on any atom is -0.481 e. The number of hydrogen-bond donors (Lipinski definition) is 2. The van der Waals surface area contributed by atoms with E-state index in [0.717, 1.165) is 6.07 Å². The fourth-order valence-electron chi connectivity index (χ4n) is 1.76. The number of aromatic nitrogens is 2. The molecule has 0 amide bonds. The first-order chi connectivity index (χ1) is 9.79. The van der Waals surface area contributed by atoms with Crippen molar-refractivity contribution >= 4 is 17.5 Å². The normalized spacial score (nSPS) is 11.3. The number of methoxy groups -OCH3 is 1. The smallest absolute Gasteiger partial charge is 0.416 e. The van der Waals surface area contributed by atoms with Gasteiger partial charge in [-0.15, -0.1) is 0 Å². The molecule has 0 radical (unpaired) electrons. The van der Waals surface area contributed by atoms with E-state index in [1.807, 2.05) is 0 Å². The van der Waals surface area contributed by atoms with Crippen molar-refractivity contribution < 1.29 is 17.9 Å². The van der Waals surface area contributed by atoms with Crippen LogP contribution in [-0.4, -0.2) is 17.1 Å². The molecule has 2 aromatic rings. The number of nitrogens with one attached hydrogen (secondary N) is 1. The number of alkyl halides is 3. The second-order valence-electron chi connectivity index (χ2n) is 4.31. The molecule has 0 unspecified atom stereocenters. The van der Waals surface area contributed by atoms with Gasteiger partial charge in [0.05, 0.1) is 12.7 Å². The van der Waals surface area contributed by atoms with Crippen molar-refractivity contribution in [3.05, 3.63) is 35.4 Å². The van der Waals surface area contributed by atoms with Gasteiger partial charge in [-0.2, -0.15) is 23.1 Å². The lowest BCUT2D eigenvalue weighted by atomic mass is 10.1. The highest BCUT2D eigenvalue weighted by atomic mass is 19.4. The van der Waals surface area contributed by atoms with Crippen molar-refractivity contribution in [3.8, 4) is 5.88 Å². The molecule has 0 aliphatic rings. The molecule has 5 nitrogen and oxygen atoms in total. The van der Waals surface area contributed by atoms with Crippen LogP contribution in [0.25, 0.3) is 0 Å². The molecule has 0 bridgehead atoms. The van der Waals surface area contributed by atoms with Gasteiger partial charge in [0.1, 0.15) is 5.82 Å². The number of halogens is 3. The third-order valence-electron chi connectivity index (χ3n) is 2.74. The highest BCUT2D eigenvalue weighted by Crippen LogP contribution is 2.34. The van der Waals surface area contributed by atoms with Gasteiger partial charge in [0.25, 0.3) is 0 Å². The lowest BCUT2D eigenvalue weighted by Gasteiger charge is -2.13. The molecule has 0 fully saturated rings. The first-order valence-electron chi connectivity index (χ1n) is 5.93. The summed E-state index contributed by atoms with van der Waals surface area (Å²) in [6.45, 7) is 1.40. The Hall–Kier alpha value is -2.51. The van der Waals surface area contributed by atoms with Crippen LogP contribution in [0.2, 0.25) is 0 Å². The maximum absolute atomic E-state index is 12.9. The summed E-state index contributed by atoms with van der Waals surface area (Å²) in [6.07, 6.45) is -4.41. The van der Waals surface area contributed by atoms with E-state index in [2.05, 4.69) is 15.3 Å². The van der Waals surface area contributed by atoms with Crippen molar-refractivity contribution in [2.45, 2.75) is 13.1 Å². The zero-order valence-electron chi connectivity index (χ0n) is 11.3. The highest BCUT2D eigenvalue weighted by Gasteiger charge is 2.32. The molecule has 2 rings (SSSR count). The lowest BCUT2D eigenvalue weighted by molar-refractivity contribution is -0.138. The van der Waals surface area contributed by atoms with E-state index < -0.39 is 11.7 Å². The van der Waals surface area contributed by atoms with Crippen molar-refractivity contribution in [3.63, 3.8) is 0 Å². The summed E-state index contributed by atoms with van der Waals surface area (Å²) >= 11 is 0. The van der Waals surface area contributed by atoms with Crippen molar-refractivity contribution in [1.82, 2.24) is 9.97 Å². The quantitative estimate of drug-likeness (QED) is 0.910. The Bertz CT molecular complexity index is 658. The SMILES string of the molecule is COc1cc(Nc2ccc(C)c(C(F)(F)F)c2)nc(N)n1. The molecule has 0 saturated carbocycles. The average molecular weight is 298 g/mol. The van der Waals surface area contributed by atoms with E-state index >= 15 is 0 Å². The Balaban J connectivity index is 2.34. The maximum atomic E-state index is 12.9. The summed E-state index contributed by atoms with van der Waals surface area (Å²) in [5.74, 6) is 0.421. The molecule has 1 heterocycles. The summed E-state index contributed by atoms with van der Waals surface area (Å²) in [4.78, 5) is 7.67. The number of nitrogens with zero attached hydrogens (tertiary/aromatic N) is 2. The van der Waals surface area contributed by atoms with Crippen LogP contribution < -0.4 is 15.8 Å². The van der Waals surface area contributed by atoms with Crippen LogP contribution in [0.3, 0.4) is 0 Å². The third kappa shape index (κ3) is 3.53. The number of hydrogen-bond acceptors (Lipinski definition) is 5. The van der Waals surface area contributed by atoms with E-state index in [4.69, 9.17) is 10.5 Å². The maximum Gasteiger partial charge on any atom is 0.416 e. The van der Waals surface area contributed by atoms with Gasteiger partial charge < -0.3 is 15.8 Å². The molecule has 0 spiro atoms. The summed E-state index contributed by atoms with van der Waals surface area (Å²) in [5, 5.41) is 2.75. The van der Waals surface area contributed by atoms with Crippen molar-refractivity contribution in [1.29, 1.82) is 0 Å². The fourth-order valence-corrected chi connectivity index (χ4v) is 1.76. The second-order valence-corrected chi connectivity index (χ2v) is 4.31. The fraction of sp³-hybridized carbons (Fsp3) is 0.231. The van der Waals surface area contributed by atoms with Gasteiger partial charge in [-0.3, -0.25) is 0 Å². The van der Waals surface area contributed by atoms with Crippen LogP contribution in [0.1, 0.15) is 11.1 Å². The summed E-state index contributed by atoms with van der Waals surface area (Å²) in [5.41, 5.74) is 5.17. The van der Waals surface area contributed by atoms with Gasteiger partial charge in [-0.05, 0) is 24.6 Å². The molecule has 1 aromatic heterocycles. The molecule has 21 heavy (non-hydrogen) atoms. The molecule has 0 aliphatic carbocycles. The third-order valence-corrected chi connectivity index (χ3v) is 2.74. The molecule has 3 N–H and O–H groups in total. The van der Waals surface area contributed by atoms with Crippen LogP contribution >= 0.6 is 0 Å². The van der Waals surface area contributed by atoms with Crippen LogP contribution in [-0.2, 0) is 6.18 Å². The number of ether oxygens (including phenoxy) is 1. The van der Waals surface area contributed by atoms with Gasteiger partial charge in [0.2, 0.25) is 11.8 Å².